The maximum absolute atomic E-state index is 12.3. The predicted octanol–water partition coefficient (Wildman–Crippen LogP) is 2.78. The van der Waals surface area contributed by atoms with Gasteiger partial charge in [0, 0.05) is 24.4 Å². The van der Waals surface area contributed by atoms with Gasteiger partial charge in [-0.05, 0) is 57.2 Å². The molecule has 0 radical (unpaired) electrons. The zero-order valence-corrected chi connectivity index (χ0v) is 14.2. The fourth-order valence-corrected chi connectivity index (χ4v) is 2.19. The lowest BCUT2D eigenvalue weighted by Gasteiger charge is -2.25. The molecule has 2 aromatic rings. The van der Waals surface area contributed by atoms with E-state index in [0.717, 1.165) is 11.4 Å². The summed E-state index contributed by atoms with van der Waals surface area (Å²) in [5, 5.41) is 11.7. The van der Waals surface area contributed by atoms with Crippen molar-refractivity contribution < 1.29 is 9.53 Å². The summed E-state index contributed by atoms with van der Waals surface area (Å²) >= 11 is 0. The van der Waals surface area contributed by atoms with Gasteiger partial charge in [-0.15, -0.1) is 0 Å². The monoisotopic (exact) mass is 323 g/mol. The van der Waals surface area contributed by atoms with Crippen LogP contribution in [0.2, 0.25) is 0 Å². The van der Waals surface area contributed by atoms with Gasteiger partial charge in [-0.25, -0.2) is 0 Å². The van der Waals surface area contributed by atoms with E-state index in [1.165, 1.54) is 0 Å². The van der Waals surface area contributed by atoms with Crippen LogP contribution in [0.3, 0.4) is 0 Å². The third-order valence-electron chi connectivity index (χ3n) is 3.52. The summed E-state index contributed by atoms with van der Waals surface area (Å²) in [6.45, 7) is 5.86. The molecule has 0 aliphatic carbocycles. The lowest BCUT2D eigenvalue weighted by Crippen LogP contribution is -2.47. The largest absolute Gasteiger partial charge is 0.478 e. The number of hydrogen-bond donors (Lipinski definition) is 1. The number of ether oxygens (including phenoxy) is 1. The van der Waals surface area contributed by atoms with Crippen LogP contribution >= 0.6 is 0 Å². The van der Waals surface area contributed by atoms with Gasteiger partial charge in [-0.3, -0.25) is 9.78 Å². The molecule has 1 amide bonds. The quantitative estimate of drug-likeness (QED) is 0.887. The normalized spacial score (nSPS) is 10.8. The van der Waals surface area contributed by atoms with E-state index in [4.69, 9.17) is 10.00 Å². The third-order valence-corrected chi connectivity index (χ3v) is 3.52. The van der Waals surface area contributed by atoms with Crippen molar-refractivity contribution >= 4 is 5.91 Å². The van der Waals surface area contributed by atoms with Crippen LogP contribution in [0.25, 0.3) is 0 Å². The summed E-state index contributed by atoms with van der Waals surface area (Å²) in [6.07, 6.45) is 0.667. The molecule has 1 heterocycles. The van der Waals surface area contributed by atoms with Crippen LogP contribution in [0, 0.1) is 18.3 Å². The number of nitrogens with zero attached hydrogens (tertiary/aromatic N) is 2. The zero-order valence-electron chi connectivity index (χ0n) is 14.2. The first-order valence-corrected chi connectivity index (χ1v) is 7.81. The van der Waals surface area contributed by atoms with E-state index < -0.39 is 5.60 Å². The molecule has 0 aliphatic rings. The Kier molecular flexibility index (Phi) is 5.54. The van der Waals surface area contributed by atoms with E-state index in [-0.39, 0.29) is 5.91 Å². The van der Waals surface area contributed by atoms with E-state index in [1.54, 1.807) is 38.1 Å². The molecular formula is C19H21N3O2. The van der Waals surface area contributed by atoms with Gasteiger partial charge in [0.2, 0.25) is 0 Å². The number of aryl methyl sites for hydroxylation is 1. The summed E-state index contributed by atoms with van der Waals surface area (Å²) in [5.74, 6) is 0.356. The lowest BCUT2D eigenvalue weighted by molar-refractivity contribution is -0.134. The van der Waals surface area contributed by atoms with Gasteiger partial charge in [-0.1, -0.05) is 6.07 Å². The Balaban J connectivity index is 1.88. The highest BCUT2D eigenvalue weighted by atomic mass is 16.5. The molecule has 1 aromatic carbocycles. The van der Waals surface area contributed by atoms with Crippen molar-refractivity contribution in [3.63, 3.8) is 0 Å². The van der Waals surface area contributed by atoms with Gasteiger partial charge < -0.3 is 10.1 Å². The second-order valence-electron chi connectivity index (χ2n) is 6.02. The number of benzene rings is 1. The van der Waals surface area contributed by atoms with Crippen molar-refractivity contribution in [2.24, 2.45) is 0 Å². The number of rotatable bonds is 6. The van der Waals surface area contributed by atoms with Crippen molar-refractivity contribution in [3.8, 4) is 11.8 Å². The highest BCUT2D eigenvalue weighted by Gasteiger charge is 2.29. The third kappa shape index (κ3) is 4.82. The molecule has 5 heteroatoms. The molecule has 0 saturated carbocycles. The maximum Gasteiger partial charge on any atom is 0.263 e. The Bertz CT molecular complexity index is 746. The Morgan fingerprint density at radius 2 is 1.96 bits per heavy atom. The van der Waals surface area contributed by atoms with Gasteiger partial charge in [-0.2, -0.15) is 5.26 Å². The van der Waals surface area contributed by atoms with Crippen LogP contribution in [0.5, 0.6) is 5.75 Å². The molecule has 0 unspecified atom stereocenters. The molecule has 1 N–H and O–H groups in total. The van der Waals surface area contributed by atoms with Crippen molar-refractivity contribution in [1.29, 1.82) is 5.26 Å². The molecule has 0 atom stereocenters. The zero-order chi connectivity index (χ0) is 17.6. The molecule has 2 rings (SSSR count). The smallest absolute Gasteiger partial charge is 0.263 e. The summed E-state index contributed by atoms with van der Waals surface area (Å²) in [6, 6.07) is 14.6. The molecule has 0 aliphatic heterocycles. The number of pyridine rings is 1. The number of amides is 1. The van der Waals surface area contributed by atoms with Crippen molar-refractivity contribution in [1.82, 2.24) is 10.3 Å². The maximum atomic E-state index is 12.3. The van der Waals surface area contributed by atoms with Gasteiger partial charge in [0.1, 0.15) is 5.75 Å². The van der Waals surface area contributed by atoms with Gasteiger partial charge in [0.05, 0.1) is 11.6 Å². The first-order valence-electron chi connectivity index (χ1n) is 7.81. The number of nitriles is 1. The summed E-state index contributed by atoms with van der Waals surface area (Å²) in [4.78, 5) is 16.7. The van der Waals surface area contributed by atoms with Gasteiger partial charge in [0.25, 0.3) is 5.91 Å². The standard InChI is InChI=1S/C19H21N3O2/c1-14-5-4-6-16(22-14)11-12-21-18(23)19(2,3)24-17-9-7-15(13-20)8-10-17/h4-10H,11-12H2,1-3H3,(H,21,23). The van der Waals surface area contributed by atoms with E-state index in [1.807, 2.05) is 31.2 Å². The fourth-order valence-electron chi connectivity index (χ4n) is 2.19. The number of aromatic nitrogens is 1. The Labute approximate surface area is 142 Å². The lowest BCUT2D eigenvalue weighted by atomic mass is 10.1. The van der Waals surface area contributed by atoms with Crippen molar-refractivity contribution in [2.45, 2.75) is 32.8 Å². The number of carbonyl (C=O) groups excluding carboxylic acids is 1. The highest BCUT2D eigenvalue weighted by molar-refractivity contribution is 5.84. The number of carbonyl (C=O) groups is 1. The minimum atomic E-state index is -1.01. The molecule has 5 nitrogen and oxygen atoms in total. The number of hydrogen-bond acceptors (Lipinski definition) is 4. The van der Waals surface area contributed by atoms with Crippen LogP contribution < -0.4 is 10.1 Å². The Morgan fingerprint density at radius 3 is 2.58 bits per heavy atom. The topological polar surface area (TPSA) is 75.0 Å². The first-order chi connectivity index (χ1) is 11.4. The summed E-state index contributed by atoms with van der Waals surface area (Å²) in [7, 11) is 0. The molecule has 0 bridgehead atoms. The molecule has 0 saturated heterocycles. The Morgan fingerprint density at radius 1 is 1.25 bits per heavy atom. The van der Waals surface area contributed by atoms with Crippen molar-refractivity contribution in [3.05, 3.63) is 59.4 Å². The second kappa shape index (κ2) is 7.60. The SMILES string of the molecule is Cc1cccc(CCNC(=O)C(C)(C)Oc2ccc(C#N)cc2)n1. The van der Waals surface area contributed by atoms with Crippen LogP contribution in [-0.4, -0.2) is 23.0 Å². The summed E-state index contributed by atoms with van der Waals surface area (Å²) < 4.78 is 5.75. The van der Waals surface area contributed by atoms with E-state index in [2.05, 4.69) is 10.3 Å². The highest BCUT2D eigenvalue weighted by Crippen LogP contribution is 2.19. The second-order valence-corrected chi connectivity index (χ2v) is 6.02. The fraction of sp³-hybridized carbons (Fsp3) is 0.316. The van der Waals surface area contributed by atoms with Gasteiger partial charge >= 0.3 is 0 Å². The minimum Gasteiger partial charge on any atom is -0.478 e. The van der Waals surface area contributed by atoms with E-state index >= 15 is 0 Å². The molecule has 24 heavy (non-hydrogen) atoms. The molecule has 0 fully saturated rings. The minimum absolute atomic E-state index is 0.195. The predicted molar refractivity (Wildman–Crippen MR) is 91.6 cm³/mol. The van der Waals surface area contributed by atoms with Crippen LogP contribution in [0.1, 0.15) is 30.8 Å². The number of nitrogens with one attached hydrogen (secondary N) is 1. The van der Waals surface area contributed by atoms with Crippen LogP contribution in [-0.2, 0) is 11.2 Å². The first kappa shape index (κ1) is 17.5. The van der Waals surface area contributed by atoms with Gasteiger partial charge in [0.15, 0.2) is 5.60 Å². The van der Waals surface area contributed by atoms with E-state index in [9.17, 15) is 4.79 Å². The Hall–Kier alpha value is -2.87. The molecule has 1 aromatic heterocycles. The molecule has 0 spiro atoms. The summed E-state index contributed by atoms with van der Waals surface area (Å²) in [5.41, 5.74) is 1.45. The van der Waals surface area contributed by atoms with Crippen molar-refractivity contribution in [2.75, 3.05) is 6.54 Å². The average molecular weight is 323 g/mol. The van der Waals surface area contributed by atoms with Crippen LogP contribution in [0.4, 0.5) is 0 Å². The van der Waals surface area contributed by atoms with E-state index in [0.29, 0.717) is 24.3 Å². The molecule has 124 valence electrons. The van der Waals surface area contributed by atoms with Crippen LogP contribution in [0.15, 0.2) is 42.5 Å². The average Bonchev–Trinajstić information content (AvgIpc) is 2.55. The molecular weight excluding hydrogens is 302 g/mol.